The molecule has 0 radical (unpaired) electrons. The molecule has 9 heteroatoms. The lowest BCUT2D eigenvalue weighted by Gasteiger charge is -2.33. The quantitative estimate of drug-likeness (QED) is 0.730. The number of sulfonamides is 1. The Balaban J connectivity index is 1.54. The fourth-order valence-electron chi connectivity index (χ4n) is 3.12. The summed E-state index contributed by atoms with van der Waals surface area (Å²) < 4.78 is 31.5. The molecule has 1 amide bonds. The third-order valence-electron chi connectivity index (χ3n) is 4.84. The molecule has 0 unspecified atom stereocenters. The number of carbonyl (C=O) groups excluding carboxylic acids is 1. The second-order valence-electron chi connectivity index (χ2n) is 6.85. The maximum absolute atomic E-state index is 12.5. The number of nitrogens with zero attached hydrogens (tertiary/aromatic N) is 2. The van der Waals surface area contributed by atoms with Crippen LogP contribution in [0.1, 0.15) is 18.2 Å². The molecule has 1 aliphatic rings. The summed E-state index contributed by atoms with van der Waals surface area (Å²) in [6, 6.07) is 10.7. The zero-order valence-electron chi connectivity index (χ0n) is 16.0. The van der Waals surface area contributed by atoms with E-state index in [0.717, 1.165) is 10.5 Å². The van der Waals surface area contributed by atoms with Gasteiger partial charge in [-0.3, -0.25) is 4.79 Å². The molecule has 1 fully saturated rings. The van der Waals surface area contributed by atoms with Gasteiger partial charge in [0, 0.05) is 11.5 Å². The summed E-state index contributed by atoms with van der Waals surface area (Å²) in [5.74, 6) is 0.849. The molecule has 1 aliphatic heterocycles. The van der Waals surface area contributed by atoms with E-state index in [4.69, 9.17) is 4.52 Å². The van der Waals surface area contributed by atoms with Gasteiger partial charge in [0.05, 0.1) is 26.2 Å². The van der Waals surface area contributed by atoms with Crippen molar-refractivity contribution in [1.29, 1.82) is 0 Å². The van der Waals surface area contributed by atoms with E-state index >= 15 is 0 Å². The van der Waals surface area contributed by atoms with Gasteiger partial charge in [-0.25, -0.2) is 8.42 Å². The van der Waals surface area contributed by atoms with Crippen LogP contribution in [0.3, 0.4) is 0 Å². The van der Waals surface area contributed by atoms with Crippen LogP contribution < -0.4 is 10.2 Å². The first kappa shape index (κ1) is 20.2. The van der Waals surface area contributed by atoms with Crippen LogP contribution in [0.25, 0.3) is 6.08 Å². The van der Waals surface area contributed by atoms with Gasteiger partial charge >= 0.3 is 0 Å². The molecule has 1 aromatic heterocycles. The van der Waals surface area contributed by atoms with Gasteiger partial charge in [0.2, 0.25) is 10.0 Å². The molecular weight excluding hydrogens is 380 g/mol. The second kappa shape index (κ2) is 8.68. The number of quaternary nitrogens is 1. The molecule has 2 N–H and O–H groups in total. The topological polar surface area (TPSA) is 97.0 Å². The largest absolute Gasteiger partial charge is 0.360 e. The van der Waals surface area contributed by atoms with E-state index in [1.807, 2.05) is 37.3 Å². The highest BCUT2D eigenvalue weighted by atomic mass is 32.2. The van der Waals surface area contributed by atoms with Crippen molar-refractivity contribution in [1.82, 2.24) is 9.46 Å². The predicted octanol–water partition coefficient (Wildman–Crippen LogP) is 0.511. The minimum absolute atomic E-state index is 0.163. The molecular formula is C19H25N4O4S+. The van der Waals surface area contributed by atoms with Crippen LogP contribution in [0.5, 0.6) is 0 Å². The van der Waals surface area contributed by atoms with E-state index in [-0.39, 0.29) is 11.9 Å². The fraction of sp³-hybridized carbons (Fsp3) is 0.368. The van der Waals surface area contributed by atoms with Crippen molar-refractivity contribution in [2.45, 2.75) is 19.9 Å². The van der Waals surface area contributed by atoms with Crippen molar-refractivity contribution in [3.8, 4) is 0 Å². The molecule has 2 aromatic rings. The standard InChI is InChI=1S/C19H24N4O4S/c1-15-14-18(21-27-15)20-19(24)16(2)22-9-11-23(12-10-22)28(25,26)13-8-17-6-4-3-5-7-17/h3-8,13-14,16H,9-12H2,1-2H3,(H,20,21,24)/p+1/b13-8+/t16-/m0/s1. The summed E-state index contributed by atoms with van der Waals surface area (Å²) in [7, 11) is -3.48. The lowest BCUT2D eigenvalue weighted by molar-refractivity contribution is -0.917. The Morgan fingerprint density at radius 3 is 2.57 bits per heavy atom. The van der Waals surface area contributed by atoms with Crippen LogP contribution in [0.2, 0.25) is 0 Å². The van der Waals surface area contributed by atoms with Gasteiger partial charge in [0.25, 0.3) is 5.91 Å². The fourth-order valence-corrected chi connectivity index (χ4v) is 4.31. The molecule has 0 spiro atoms. The number of aryl methyl sites for hydroxylation is 1. The third kappa shape index (κ3) is 5.06. The molecule has 1 aromatic carbocycles. The van der Waals surface area contributed by atoms with Gasteiger partial charge in [0.1, 0.15) is 5.76 Å². The van der Waals surface area contributed by atoms with Crippen LogP contribution in [-0.2, 0) is 14.8 Å². The van der Waals surface area contributed by atoms with Gasteiger partial charge in [-0.05, 0) is 25.5 Å². The van der Waals surface area contributed by atoms with Gasteiger partial charge in [-0.1, -0.05) is 35.5 Å². The molecule has 1 saturated heterocycles. The van der Waals surface area contributed by atoms with Gasteiger partial charge in [-0.2, -0.15) is 4.31 Å². The Morgan fingerprint density at radius 1 is 1.29 bits per heavy atom. The van der Waals surface area contributed by atoms with Crippen LogP contribution in [0, 0.1) is 6.92 Å². The van der Waals surface area contributed by atoms with E-state index in [2.05, 4.69) is 10.5 Å². The summed E-state index contributed by atoms with van der Waals surface area (Å²) in [5, 5.41) is 7.74. The van der Waals surface area contributed by atoms with Crippen molar-refractivity contribution in [2.75, 3.05) is 31.5 Å². The highest BCUT2D eigenvalue weighted by Gasteiger charge is 2.33. The van der Waals surface area contributed by atoms with Crippen LogP contribution >= 0.6 is 0 Å². The first-order chi connectivity index (χ1) is 13.3. The monoisotopic (exact) mass is 405 g/mol. The number of hydrogen-bond donors (Lipinski definition) is 2. The number of amides is 1. The Bertz CT molecular complexity index is 932. The minimum Gasteiger partial charge on any atom is -0.360 e. The molecule has 28 heavy (non-hydrogen) atoms. The van der Waals surface area contributed by atoms with Crippen molar-refractivity contribution in [3.05, 3.63) is 53.1 Å². The normalized spacial score (nSPS) is 17.6. The highest BCUT2D eigenvalue weighted by Crippen LogP contribution is 2.09. The highest BCUT2D eigenvalue weighted by molar-refractivity contribution is 7.92. The summed E-state index contributed by atoms with van der Waals surface area (Å²) in [6.07, 6.45) is 1.60. The Kier molecular flexibility index (Phi) is 6.28. The number of benzene rings is 1. The molecule has 0 bridgehead atoms. The number of aromatic nitrogens is 1. The Hall–Kier alpha value is -2.49. The zero-order valence-corrected chi connectivity index (χ0v) is 16.8. The van der Waals surface area contributed by atoms with E-state index in [9.17, 15) is 13.2 Å². The van der Waals surface area contributed by atoms with Crippen molar-refractivity contribution in [2.24, 2.45) is 0 Å². The molecule has 150 valence electrons. The maximum Gasteiger partial charge on any atom is 0.283 e. The van der Waals surface area contributed by atoms with Crippen molar-refractivity contribution < 1.29 is 22.6 Å². The van der Waals surface area contributed by atoms with E-state index in [1.54, 1.807) is 19.1 Å². The summed E-state index contributed by atoms with van der Waals surface area (Å²) in [4.78, 5) is 13.4. The third-order valence-corrected chi connectivity index (χ3v) is 6.41. The number of piperazine rings is 1. The summed E-state index contributed by atoms with van der Waals surface area (Å²) in [6.45, 7) is 5.45. The molecule has 8 nitrogen and oxygen atoms in total. The lowest BCUT2D eigenvalue weighted by atomic mass is 10.2. The van der Waals surface area contributed by atoms with Crippen LogP contribution in [-0.4, -0.2) is 56.0 Å². The van der Waals surface area contributed by atoms with Gasteiger partial charge < -0.3 is 14.7 Å². The average Bonchev–Trinajstić information content (AvgIpc) is 3.11. The molecule has 1 atom stereocenters. The summed E-state index contributed by atoms with van der Waals surface area (Å²) in [5.41, 5.74) is 0.837. The Morgan fingerprint density at radius 2 is 1.96 bits per heavy atom. The number of carbonyl (C=O) groups is 1. The molecule has 0 aliphatic carbocycles. The number of nitrogens with one attached hydrogen (secondary N) is 2. The number of rotatable bonds is 6. The molecule has 0 saturated carbocycles. The first-order valence-corrected chi connectivity index (χ1v) is 10.7. The van der Waals surface area contributed by atoms with Gasteiger partial charge in [-0.15, -0.1) is 0 Å². The lowest BCUT2D eigenvalue weighted by Crippen LogP contribution is -3.19. The van der Waals surface area contributed by atoms with Crippen molar-refractivity contribution >= 4 is 27.8 Å². The predicted molar refractivity (Wildman–Crippen MR) is 106 cm³/mol. The van der Waals surface area contributed by atoms with Crippen LogP contribution in [0.15, 0.2) is 46.3 Å². The molecule has 3 rings (SSSR count). The van der Waals surface area contributed by atoms with E-state index < -0.39 is 10.0 Å². The summed E-state index contributed by atoms with van der Waals surface area (Å²) >= 11 is 0. The Labute approximate surface area is 164 Å². The molecule has 2 heterocycles. The van der Waals surface area contributed by atoms with Gasteiger partial charge in [0.15, 0.2) is 11.9 Å². The SMILES string of the molecule is Cc1cc(NC(=O)[C@H](C)[NH+]2CCN(S(=O)(=O)/C=C/c3ccccc3)CC2)no1. The minimum atomic E-state index is -3.48. The average molecular weight is 406 g/mol. The smallest absolute Gasteiger partial charge is 0.283 e. The number of hydrogen-bond acceptors (Lipinski definition) is 5. The first-order valence-electron chi connectivity index (χ1n) is 9.17. The van der Waals surface area contributed by atoms with Crippen LogP contribution in [0.4, 0.5) is 5.82 Å². The zero-order chi connectivity index (χ0) is 20.1. The van der Waals surface area contributed by atoms with Crippen molar-refractivity contribution in [3.63, 3.8) is 0 Å². The second-order valence-corrected chi connectivity index (χ2v) is 8.67. The number of anilines is 1. The van der Waals surface area contributed by atoms with E-state index in [1.165, 1.54) is 9.71 Å². The van der Waals surface area contributed by atoms with E-state index in [0.29, 0.717) is 37.8 Å². The maximum atomic E-state index is 12.5.